The molecule has 3 atom stereocenters. The number of aromatic nitrogens is 5. The molecule has 5 rings (SSSR count). The number of imide groups is 1. The first-order valence-electron chi connectivity index (χ1n) is 11.6. The maximum absolute atomic E-state index is 13.6. The van der Waals surface area contributed by atoms with E-state index in [1.807, 2.05) is 0 Å². The Morgan fingerprint density at radius 2 is 1.91 bits per heavy atom. The number of amides is 3. The van der Waals surface area contributed by atoms with E-state index < -0.39 is 51.4 Å². The summed E-state index contributed by atoms with van der Waals surface area (Å²) in [5, 5.41) is 11.6. The molecule has 2 saturated carbocycles. The van der Waals surface area contributed by atoms with Gasteiger partial charge in [0, 0.05) is 31.9 Å². The molecule has 3 heterocycles. The van der Waals surface area contributed by atoms with Crippen molar-refractivity contribution in [3.63, 3.8) is 0 Å². The molecule has 3 amide bonds. The number of hydrogen-bond donors (Lipinski definition) is 1. The standard InChI is InChI=1S/C21H29FN8O4S/c1-27-10-14(8-23-27)11-30-19(31)17-7-16(35(33,34)26-21(13-22)5-6-21)3-4-18(17)29(20(30)32)12-15-9-24-28(2)25-15/h8-10,16-18,26H,3-7,11-13H2,1-2H3. The molecule has 14 heteroatoms. The first kappa shape index (κ1) is 23.9. The van der Waals surface area contributed by atoms with E-state index in [0.29, 0.717) is 30.5 Å². The number of carbonyl (C=O) groups excluding carboxylic acids is 2. The average molecular weight is 509 g/mol. The van der Waals surface area contributed by atoms with Crippen molar-refractivity contribution in [2.24, 2.45) is 20.0 Å². The lowest BCUT2D eigenvalue weighted by atomic mass is 9.80. The van der Waals surface area contributed by atoms with Crippen molar-refractivity contribution < 1.29 is 22.4 Å². The van der Waals surface area contributed by atoms with Gasteiger partial charge in [-0.3, -0.25) is 14.4 Å². The first-order valence-corrected chi connectivity index (χ1v) is 13.2. The summed E-state index contributed by atoms with van der Waals surface area (Å²) < 4.78 is 43.7. The molecule has 12 nitrogen and oxygen atoms in total. The highest BCUT2D eigenvalue weighted by Gasteiger charge is 2.53. The highest BCUT2D eigenvalue weighted by molar-refractivity contribution is 7.90. The van der Waals surface area contributed by atoms with Gasteiger partial charge in [-0.25, -0.2) is 22.3 Å². The quantitative estimate of drug-likeness (QED) is 0.548. The van der Waals surface area contributed by atoms with Crippen molar-refractivity contribution in [3.05, 3.63) is 29.8 Å². The van der Waals surface area contributed by atoms with Gasteiger partial charge in [0.2, 0.25) is 15.9 Å². The van der Waals surface area contributed by atoms with Crippen LogP contribution >= 0.6 is 0 Å². The molecule has 0 radical (unpaired) electrons. The zero-order chi connectivity index (χ0) is 25.0. The van der Waals surface area contributed by atoms with Gasteiger partial charge in [0.15, 0.2) is 0 Å². The molecule has 0 bridgehead atoms. The second-order valence-electron chi connectivity index (χ2n) is 9.85. The van der Waals surface area contributed by atoms with Gasteiger partial charge in [-0.1, -0.05) is 0 Å². The number of nitrogens with zero attached hydrogens (tertiary/aromatic N) is 7. The molecule has 2 aromatic rings. The molecular weight excluding hydrogens is 479 g/mol. The third-order valence-corrected chi connectivity index (χ3v) is 9.23. The molecule has 3 aliphatic rings. The van der Waals surface area contributed by atoms with E-state index in [-0.39, 0.29) is 25.9 Å². The number of fused-ring (bicyclic) bond motifs is 1. The molecule has 2 aromatic heterocycles. The van der Waals surface area contributed by atoms with Crippen LogP contribution in [0.2, 0.25) is 0 Å². The van der Waals surface area contributed by atoms with Gasteiger partial charge in [0.25, 0.3) is 0 Å². The summed E-state index contributed by atoms with van der Waals surface area (Å²) in [4.78, 5) is 31.2. The van der Waals surface area contributed by atoms with Crippen molar-refractivity contribution in [2.75, 3.05) is 6.67 Å². The minimum absolute atomic E-state index is 0.0341. The van der Waals surface area contributed by atoms with Crippen molar-refractivity contribution in [1.29, 1.82) is 0 Å². The predicted octanol–water partition coefficient (Wildman–Crippen LogP) is 0.472. The Bertz CT molecular complexity index is 1240. The Kier molecular flexibility index (Phi) is 5.90. The van der Waals surface area contributed by atoms with Gasteiger partial charge in [-0.15, -0.1) is 0 Å². The fraction of sp³-hybridized carbons (Fsp3) is 0.667. The number of aryl methyl sites for hydroxylation is 2. The maximum Gasteiger partial charge on any atom is 0.327 e. The number of hydrogen-bond acceptors (Lipinski definition) is 7. The Labute approximate surface area is 202 Å². The van der Waals surface area contributed by atoms with Crippen molar-refractivity contribution in [1.82, 2.24) is 39.3 Å². The number of carbonyl (C=O) groups is 2. The molecule has 35 heavy (non-hydrogen) atoms. The largest absolute Gasteiger partial charge is 0.327 e. The molecule has 1 N–H and O–H groups in total. The molecule has 1 saturated heterocycles. The Balaban J connectivity index is 1.42. The van der Waals surface area contributed by atoms with Gasteiger partial charge in [0.1, 0.15) is 12.4 Å². The van der Waals surface area contributed by atoms with Crippen LogP contribution in [-0.2, 0) is 42.0 Å². The van der Waals surface area contributed by atoms with Gasteiger partial charge in [-0.05, 0) is 32.1 Å². The molecule has 3 fully saturated rings. The van der Waals surface area contributed by atoms with Crippen molar-refractivity contribution >= 4 is 22.0 Å². The number of sulfonamides is 1. The third-order valence-electron chi connectivity index (χ3n) is 7.21. The highest BCUT2D eigenvalue weighted by Crippen LogP contribution is 2.41. The van der Waals surface area contributed by atoms with Crippen LogP contribution < -0.4 is 4.72 Å². The van der Waals surface area contributed by atoms with E-state index in [4.69, 9.17) is 0 Å². The van der Waals surface area contributed by atoms with E-state index in [9.17, 15) is 22.4 Å². The number of rotatable bonds is 8. The molecule has 0 spiro atoms. The van der Waals surface area contributed by atoms with Crippen molar-refractivity contribution in [2.45, 2.75) is 62.0 Å². The van der Waals surface area contributed by atoms with E-state index in [2.05, 4.69) is 20.0 Å². The summed E-state index contributed by atoms with van der Waals surface area (Å²) in [6.07, 6.45) is 6.51. The second-order valence-corrected chi connectivity index (χ2v) is 11.8. The molecule has 3 unspecified atom stereocenters. The van der Waals surface area contributed by atoms with Gasteiger partial charge >= 0.3 is 6.03 Å². The van der Waals surface area contributed by atoms with E-state index >= 15 is 0 Å². The number of urea groups is 1. The lowest BCUT2D eigenvalue weighted by molar-refractivity contribution is -0.141. The maximum atomic E-state index is 13.6. The Morgan fingerprint density at radius 3 is 2.51 bits per heavy atom. The lowest BCUT2D eigenvalue weighted by Gasteiger charge is -2.48. The summed E-state index contributed by atoms with van der Waals surface area (Å²) in [6, 6.07) is -0.899. The zero-order valence-corrected chi connectivity index (χ0v) is 20.5. The predicted molar refractivity (Wildman–Crippen MR) is 121 cm³/mol. The molecule has 190 valence electrons. The molecule has 2 aliphatic carbocycles. The van der Waals surface area contributed by atoms with Crippen LogP contribution in [0.4, 0.5) is 9.18 Å². The SMILES string of the molecule is Cn1cc(CN2C(=O)C3CC(S(=O)(=O)NC4(CF)CC4)CCC3N(Cc3cnn(C)n3)C2=O)cn1. The number of alkyl halides is 1. The fourth-order valence-corrected chi connectivity index (χ4v) is 7.06. The van der Waals surface area contributed by atoms with Gasteiger partial charge < -0.3 is 4.90 Å². The van der Waals surface area contributed by atoms with E-state index in [1.165, 1.54) is 9.70 Å². The number of nitrogens with one attached hydrogen (secondary N) is 1. The first-order chi connectivity index (χ1) is 16.6. The van der Waals surface area contributed by atoms with Crippen LogP contribution in [0.25, 0.3) is 0 Å². The van der Waals surface area contributed by atoms with Gasteiger partial charge in [-0.2, -0.15) is 20.1 Å². The highest BCUT2D eigenvalue weighted by atomic mass is 32.2. The zero-order valence-electron chi connectivity index (χ0n) is 19.7. The average Bonchev–Trinajstić information content (AvgIpc) is 3.26. The van der Waals surface area contributed by atoms with Crippen LogP contribution in [0, 0.1) is 5.92 Å². The minimum Gasteiger partial charge on any atom is -0.314 e. The molecular formula is C21H29FN8O4S. The monoisotopic (exact) mass is 508 g/mol. The summed E-state index contributed by atoms with van der Waals surface area (Å²) in [6.45, 7) is -0.555. The van der Waals surface area contributed by atoms with Crippen LogP contribution in [0.1, 0.15) is 43.4 Å². The summed E-state index contributed by atoms with van der Waals surface area (Å²) in [7, 11) is -0.408. The summed E-state index contributed by atoms with van der Waals surface area (Å²) in [5.41, 5.74) is 0.268. The molecule has 1 aliphatic heterocycles. The third kappa shape index (κ3) is 4.56. The topological polar surface area (TPSA) is 135 Å². The minimum atomic E-state index is -3.83. The van der Waals surface area contributed by atoms with E-state index in [1.54, 1.807) is 42.3 Å². The van der Waals surface area contributed by atoms with Crippen LogP contribution in [-0.4, -0.2) is 78.4 Å². The Hall–Kier alpha value is -2.87. The smallest absolute Gasteiger partial charge is 0.314 e. The summed E-state index contributed by atoms with van der Waals surface area (Å²) >= 11 is 0. The van der Waals surface area contributed by atoms with E-state index in [0.717, 1.165) is 0 Å². The molecule has 0 aromatic carbocycles. The normalized spacial score (nSPS) is 26.2. The van der Waals surface area contributed by atoms with Crippen LogP contribution in [0.15, 0.2) is 18.6 Å². The van der Waals surface area contributed by atoms with Gasteiger partial charge in [0.05, 0.1) is 42.2 Å². The number of halogens is 1. The summed E-state index contributed by atoms with van der Waals surface area (Å²) in [5.74, 6) is -1.09. The van der Waals surface area contributed by atoms with Crippen LogP contribution in [0.3, 0.4) is 0 Å². The van der Waals surface area contributed by atoms with Crippen molar-refractivity contribution in [3.8, 4) is 0 Å². The fourth-order valence-electron chi connectivity index (χ4n) is 5.13. The van der Waals surface area contributed by atoms with Crippen LogP contribution in [0.5, 0.6) is 0 Å². The Morgan fingerprint density at radius 1 is 1.14 bits per heavy atom. The second kappa shape index (κ2) is 8.66. The lowest BCUT2D eigenvalue weighted by Crippen LogP contribution is -2.63.